The van der Waals surface area contributed by atoms with Crippen LogP contribution >= 0.6 is 0 Å². The fourth-order valence-electron chi connectivity index (χ4n) is 2.47. The summed E-state index contributed by atoms with van der Waals surface area (Å²) in [6.07, 6.45) is 1.39. The van der Waals surface area contributed by atoms with Crippen molar-refractivity contribution >= 4 is 11.8 Å². The SMILES string of the molecule is CC(=CC(C)C)CC(N)=O.CC(=CC(N)=O)CC(C)C.O=c1cc(C(F)(F)F)cc[nH]1.[H+]. The molecule has 2 amide bonds. The van der Waals surface area contributed by atoms with Gasteiger partial charge in [-0.1, -0.05) is 44.9 Å². The summed E-state index contributed by atoms with van der Waals surface area (Å²) in [6.45, 7) is 12.2. The second-order valence-electron chi connectivity index (χ2n) is 7.83. The number of rotatable bonds is 6. The maximum absolute atomic E-state index is 11.8. The zero-order valence-electron chi connectivity index (χ0n) is 20.0. The Labute approximate surface area is 183 Å². The van der Waals surface area contributed by atoms with Crippen molar-refractivity contribution in [1.82, 2.24) is 4.98 Å². The van der Waals surface area contributed by atoms with E-state index in [-0.39, 0.29) is 13.2 Å². The van der Waals surface area contributed by atoms with Crippen LogP contribution in [0.4, 0.5) is 13.2 Å². The molecule has 9 heteroatoms. The van der Waals surface area contributed by atoms with E-state index < -0.39 is 17.3 Å². The van der Waals surface area contributed by atoms with Gasteiger partial charge in [-0.3, -0.25) is 14.4 Å². The summed E-state index contributed by atoms with van der Waals surface area (Å²) in [5, 5.41) is 0. The zero-order chi connectivity index (χ0) is 24.8. The van der Waals surface area contributed by atoms with E-state index in [9.17, 15) is 27.6 Å². The lowest BCUT2D eigenvalue weighted by Gasteiger charge is -2.03. The number of aromatic amines is 1. The van der Waals surface area contributed by atoms with E-state index in [0.29, 0.717) is 24.3 Å². The fraction of sp³-hybridized carbons (Fsp3) is 0.500. The molecule has 0 saturated heterocycles. The second kappa shape index (κ2) is 15.0. The molecular formula is C22H35F3N3O3+. The predicted molar refractivity (Wildman–Crippen MR) is 118 cm³/mol. The number of carbonyl (C=O) groups excluding carboxylic acids is 2. The molecule has 0 saturated carbocycles. The Hall–Kier alpha value is -2.84. The summed E-state index contributed by atoms with van der Waals surface area (Å²) in [7, 11) is 0. The summed E-state index contributed by atoms with van der Waals surface area (Å²) in [6, 6.07) is 1.32. The Balaban J connectivity index is -0.000000389. The molecule has 0 bridgehead atoms. The smallest absolute Gasteiger partial charge is 0.369 e. The molecule has 0 aromatic carbocycles. The molecule has 31 heavy (non-hydrogen) atoms. The highest BCUT2D eigenvalue weighted by Crippen LogP contribution is 2.27. The number of halogens is 3. The van der Waals surface area contributed by atoms with Gasteiger partial charge in [0, 0.05) is 24.8 Å². The van der Waals surface area contributed by atoms with Crippen LogP contribution in [0.25, 0.3) is 0 Å². The first-order chi connectivity index (χ1) is 14.0. The third kappa shape index (κ3) is 20.2. The number of aromatic nitrogens is 1. The van der Waals surface area contributed by atoms with Crippen LogP contribution in [0, 0.1) is 11.8 Å². The van der Waals surface area contributed by atoms with E-state index in [1.165, 1.54) is 6.08 Å². The van der Waals surface area contributed by atoms with Gasteiger partial charge in [0.1, 0.15) is 0 Å². The van der Waals surface area contributed by atoms with Gasteiger partial charge in [-0.15, -0.1) is 0 Å². The molecule has 0 aliphatic carbocycles. The Morgan fingerprint density at radius 2 is 1.68 bits per heavy atom. The van der Waals surface area contributed by atoms with E-state index in [1.54, 1.807) is 0 Å². The van der Waals surface area contributed by atoms with Crippen molar-refractivity contribution < 1.29 is 24.2 Å². The fourth-order valence-corrected chi connectivity index (χ4v) is 2.47. The molecule has 1 aromatic rings. The molecule has 0 aliphatic rings. The van der Waals surface area contributed by atoms with Crippen LogP contribution in [0.2, 0.25) is 0 Å². The number of hydrogen-bond donors (Lipinski definition) is 3. The van der Waals surface area contributed by atoms with Crippen LogP contribution in [0.3, 0.4) is 0 Å². The average molecular weight is 447 g/mol. The number of pyridine rings is 1. The van der Waals surface area contributed by atoms with Crippen molar-refractivity contribution in [2.75, 3.05) is 0 Å². The molecule has 176 valence electrons. The van der Waals surface area contributed by atoms with E-state index in [4.69, 9.17) is 11.5 Å². The average Bonchev–Trinajstić information content (AvgIpc) is 2.52. The zero-order valence-corrected chi connectivity index (χ0v) is 19.0. The topological polar surface area (TPSA) is 119 Å². The van der Waals surface area contributed by atoms with Crippen molar-refractivity contribution in [3.8, 4) is 0 Å². The summed E-state index contributed by atoms with van der Waals surface area (Å²) >= 11 is 0. The van der Waals surface area contributed by atoms with Crippen molar-refractivity contribution in [3.05, 3.63) is 57.5 Å². The number of carbonyl (C=O) groups is 2. The highest BCUT2D eigenvalue weighted by molar-refractivity contribution is 5.86. The van der Waals surface area contributed by atoms with Crippen LogP contribution in [-0.2, 0) is 15.8 Å². The highest BCUT2D eigenvalue weighted by atomic mass is 19.4. The molecule has 0 fully saturated rings. The number of nitrogens with two attached hydrogens (primary N) is 2. The van der Waals surface area contributed by atoms with Gasteiger partial charge in [0.2, 0.25) is 17.4 Å². The first kappa shape index (κ1) is 30.4. The molecule has 1 rings (SSSR count). The first-order valence-electron chi connectivity index (χ1n) is 9.72. The minimum atomic E-state index is -4.44. The molecule has 6 nitrogen and oxygen atoms in total. The minimum absolute atomic E-state index is 0. The normalized spacial score (nSPS) is 12.0. The Morgan fingerprint density at radius 1 is 1.13 bits per heavy atom. The quantitative estimate of drug-likeness (QED) is 0.443. The number of hydrogen-bond acceptors (Lipinski definition) is 3. The Kier molecular flexibility index (Phi) is 14.7. The molecular weight excluding hydrogens is 411 g/mol. The van der Waals surface area contributed by atoms with E-state index >= 15 is 0 Å². The summed E-state index contributed by atoms with van der Waals surface area (Å²) in [5.41, 5.74) is 10.4. The largest absolute Gasteiger partial charge is 1.00 e. The van der Waals surface area contributed by atoms with Crippen LogP contribution in [0.1, 0.15) is 61.4 Å². The lowest BCUT2D eigenvalue weighted by Crippen LogP contribution is -2.11. The first-order valence-corrected chi connectivity index (χ1v) is 9.72. The summed E-state index contributed by atoms with van der Waals surface area (Å²) < 4.78 is 35.4. The molecule has 1 heterocycles. The number of H-pyrrole nitrogens is 1. The maximum atomic E-state index is 11.8. The summed E-state index contributed by atoms with van der Waals surface area (Å²) in [4.78, 5) is 33.2. The molecule has 0 spiro atoms. The molecule has 0 atom stereocenters. The van der Waals surface area contributed by atoms with Crippen molar-refractivity contribution in [1.29, 1.82) is 0 Å². The van der Waals surface area contributed by atoms with Gasteiger partial charge in [-0.2, -0.15) is 13.2 Å². The highest BCUT2D eigenvalue weighted by Gasteiger charge is 2.30. The number of alkyl halides is 3. The third-order valence-electron chi connectivity index (χ3n) is 3.29. The van der Waals surface area contributed by atoms with Gasteiger partial charge in [-0.25, -0.2) is 0 Å². The van der Waals surface area contributed by atoms with E-state index in [2.05, 4.69) is 32.7 Å². The van der Waals surface area contributed by atoms with Crippen LogP contribution in [0.15, 0.2) is 46.4 Å². The standard InChI is InChI=1S/2C8H15NO.C6H4F3NO/c2*1-6(2)4-7(3)5-8(9)10;7-6(8,9)4-1-2-10-5(11)3-4/h5-6H,4H2,1-3H3,(H2,9,10);4,6H,5H2,1-3H3,(H2,9,10);1-3H,(H,10,11)/p+1. The maximum Gasteiger partial charge on any atom is 1.00 e. The van der Waals surface area contributed by atoms with Gasteiger partial charge in [-0.05, 0) is 38.2 Å². The van der Waals surface area contributed by atoms with Gasteiger partial charge in [0.05, 0.1) is 5.56 Å². The molecule has 1 aromatic heterocycles. The van der Waals surface area contributed by atoms with Gasteiger partial charge < -0.3 is 16.5 Å². The van der Waals surface area contributed by atoms with Crippen molar-refractivity contribution in [3.63, 3.8) is 0 Å². The third-order valence-corrected chi connectivity index (χ3v) is 3.29. The van der Waals surface area contributed by atoms with Crippen LogP contribution in [-0.4, -0.2) is 16.8 Å². The number of primary amides is 2. The summed E-state index contributed by atoms with van der Waals surface area (Å²) in [5.74, 6) is 0.488. The van der Waals surface area contributed by atoms with Crippen molar-refractivity contribution in [2.45, 2.75) is 60.6 Å². The van der Waals surface area contributed by atoms with Gasteiger partial charge >= 0.3 is 7.60 Å². The van der Waals surface area contributed by atoms with Crippen molar-refractivity contribution in [2.24, 2.45) is 23.3 Å². The number of nitrogens with one attached hydrogen (secondary N) is 1. The Bertz CT molecular complexity index is 814. The van der Waals surface area contributed by atoms with Gasteiger partial charge in [0.15, 0.2) is 0 Å². The lowest BCUT2D eigenvalue weighted by atomic mass is 10.0. The predicted octanol–water partition coefficient (Wildman–Crippen LogP) is 4.43. The van der Waals surface area contributed by atoms with Gasteiger partial charge in [0.25, 0.3) is 0 Å². The van der Waals surface area contributed by atoms with Crippen LogP contribution < -0.4 is 17.0 Å². The number of allylic oxidation sites excluding steroid dienone is 2. The monoisotopic (exact) mass is 446 g/mol. The minimum Gasteiger partial charge on any atom is -0.369 e. The molecule has 0 unspecified atom stereocenters. The Morgan fingerprint density at radius 3 is 2.00 bits per heavy atom. The molecule has 5 N–H and O–H groups in total. The second-order valence-corrected chi connectivity index (χ2v) is 7.83. The number of amides is 2. The molecule has 0 radical (unpaired) electrons. The molecule has 0 aliphatic heterocycles. The lowest BCUT2D eigenvalue weighted by molar-refractivity contribution is -0.137. The van der Waals surface area contributed by atoms with Crippen LogP contribution in [0.5, 0.6) is 0 Å². The van der Waals surface area contributed by atoms with E-state index in [0.717, 1.165) is 29.8 Å². The van der Waals surface area contributed by atoms with E-state index in [1.807, 2.05) is 19.9 Å².